The van der Waals surface area contributed by atoms with Crippen LogP contribution in [-0.2, 0) is 0 Å². The van der Waals surface area contributed by atoms with Crippen LogP contribution in [0.5, 0.6) is 0 Å². The highest BCUT2D eigenvalue weighted by molar-refractivity contribution is 9.10. The molecule has 1 heterocycles. The lowest BCUT2D eigenvalue weighted by atomic mass is 10.2. The van der Waals surface area contributed by atoms with Crippen LogP contribution in [0.2, 0.25) is 0 Å². The van der Waals surface area contributed by atoms with Crippen molar-refractivity contribution in [2.45, 2.75) is 0 Å². The zero-order valence-electron chi connectivity index (χ0n) is 10.2. The lowest BCUT2D eigenvalue weighted by Gasteiger charge is -2.07. The molecule has 3 aromatic rings. The van der Waals surface area contributed by atoms with Crippen LogP contribution in [0.15, 0.2) is 46.9 Å². The number of nitrogens with zero attached hydrogens (tertiary/aromatic N) is 4. The molecule has 0 radical (unpaired) electrons. The predicted molar refractivity (Wildman–Crippen MR) is 76.7 cm³/mol. The third-order valence-electron chi connectivity index (χ3n) is 2.78. The van der Waals surface area contributed by atoms with E-state index in [1.807, 2.05) is 12.1 Å². The smallest absolute Gasteiger partial charge is 0.187 e. The van der Waals surface area contributed by atoms with Crippen molar-refractivity contribution >= 4 is 21.6 Å². The summed E-state index contributed by atoms with van der Waals surface area (Å²) in [5.74, 6) is 0.222. The van der Waals surface area contributed by atoms with E-state index in [-0.39, 0.29) is 5.82 Å². The Hall–Kier alpha value is -2.28. The van der Waals surface area contributed by atoms with Crippen LogP contribution in [0.3, 0.4) is 0 Å². The second kappa shape index (κ2) is 5.01. The Morgan fingerprint density at radius 3 is 2.55 bits per heavy atom. The minimum absolute atomic E-state index is 0.331. The zero-order chi connectivity index (χ0) is 14.1. The molecule has 3 rings (SSSR count). The van der Waals surface area contributed by atoms with Gasteiger partial charge in [-0.3, -0.25) is 0 Å². The summed E-state index contributed by atoms with van der Waals surface area (Å²) in [7, 11) is 0. The van der Waals surface area contributed by atoms with Crippen LogP contribution in [0.1, 0.15) is 0 Å². The monoisotopic (exact) mass is 333 g/mol. The van der Waals surface area contributed by atoms with Crippen molar-refractivity contribution in [2.75, 3.05) is 5.73 Å². The summed E-state index contributed by atoms with van der Waals surface area (Å²) in [4.78, 5) is 0. The fraction of sp³-hybridized carbons (Fsp3) is 0. The fourth-order valence-corrected chi connectivity index (χ4v) is 2.33. The molecule has 0 saturated heterocycles. The second-order valence-electron chi connectivity index (χ2n) is 4.13. The summed E-state index contributed by atoms with van der Waals surface area (Å²) in [5, 5.41) is 11.6. The van der Waals surface area contributed by atoms with E-state index in [2.05, 4.69) is 31.5 Å². The summed E-state index contributed by atoms with van der Waals surface area (Å²) >= 11 is 3.31. The summed E-state index contributed by atoms with van der Waals surface area (Å²) < 4.78 is 15.3. The van der Waals surface area contributed by atoms with E-state index in [9.17, 15) is 4.39 Å². The van der Waals surface area contributed by atoms with Gasteiger partial charge in [-0.2, -0.15) is 4.68 Å². The maximum atomic E-state index is 13.2. The van der Waals surface area contributed by atoms with Gasteiger partial charge in [0.15, 0.2) is 5.82 Å². The molecule has 0 saturated carbocycles. The van der Waals surface area contributed by atoms with Crippen molar-refractivity contribution in [2.24, 2.45) is 0 Å². The molecule has 0 aliphatic heterocycles. The van der Waals surface area contributed by atoms with Crippen LogP contribution in [0.4, 0.5) is 10.1 Å². The van der Waals surface area contributed by atoms with Gasteiger partial charge in [0, 0.05) is 15.7 Å². The molecule has 20 heavy (non-hydrogen) atoms. The van der Waals surface area contributed by atoms with Gasteiger partial charge in [0.1, 0.15) is 5.82 Å². The second-order valence-corrected chi connectivity index (χ2v) is 4.99. The largest absolute Gasteiger partial charge is 0.399 e. The van der Waals surface area contributed by atoms with Gasteiger partial charge in [0.05, 0.1) is 5.69 Å². The first kappa shape index (κ1) is 12.7. The molecule has 2 N–H and O–H groups in total. The molecule has 0 unspecified atom stereocenters. The Balaban J connectivity index is 2.12. The maximum Gasteiger partial charge on any atom is 0.187 e. The SMILES string of the molecule is Nc1ccc(-c2nnnn2-c2ccc(F)cc2Br)cc1. The van der Waals surface area contributed by atoms with Crippen LogP contribution < -0.4 is 5.73 Å². The molecule has 0 amide bonds. The normalized spacial score (nSPS) is 10.7. The molecule has 7 heteroatoms. The topological polar surface area (TPSA) is 69.6 Å². The van der Waals surface area contributed by atoms with E-state index in [0.717, 1.165) is 5.56 Å². The molecular formula is C13H9BrFN5. The molecule has 0 atom stereocenters. The highest BCUT2D eigenvalue weighted by Gasteiger charge is 2.13. The Morgan fingerprint density at radius 2 is 1.85 bits per heavy atom. The Kier molecular flexibility index (Phi) is 3.19. The summed E-state index contributed by atoms with van der Waals surface area (Å²) in [6, 6.07) is 11.5. The molecule has 0 bridgehead atoms. The van der Waals surface area contributed by atoms with E-state index in [0.29, 0.717) is 21.7 Å². The van der Waals surface area contributed by atoms with Gasteiger partial charge in [0.2, 0.25) is 0 Å². The molecule has 100 valence electrons. The summed E-state index contributed by atoms with van der Waals surface area (Å²) in [5.41, 5.74) is 7.80. The third kappa shape index (κ3) is 2.27. The van der Waals surface area contributed by atoms with E-state index in [1.165, 1.54) is 16.8 Å². The number of benzene rings is 2. The quantitative estimate of drug-likeness (QED) is 0.732. The molecule has 0 aliphatic carbocycles. The van der Waals surface area contributed by atoms with Gasteiger partial charge in [-0.25, -0.2) is 4.39 Å². The van der Waals surface area contributed by atoms with E-state index < -0.39 is 0 Å². The van der Waals surface area contributed by atoms with Gasteiger partial charge in [-0.15, -0.1) is 5.10 Å². The molecule has 1 aromatic heterocycles. The lowest BCUT2D eigenvalue weighted by Crippen LogP contribution is -2.01. The number of nitrogen functional groups attached to an aromatic ring is 1. The number of halogens is 2. The third-order valence-corrected chi connectivity index (χ3v) is 3.41. The number of hydrogen-bond acceptors (Lipinski definition) is 4. The first-order valence-electron chi connectivity index (χ1n) is 5.75. The van der Waals surface area contributed by atoms with Gasteiger partial charge < -0.3 is 5.73 Å². The molecule has 0 spiro atoms. The van der Waals surface area contributed by atoms with E-state index in [4.69, 9.17) is 5.73 Å². The van der Waals surface area contributed by atoms with Crippen molar-refractivity contribution in [3.05, 3.63) is 52.8 Å². The number of rotatable bonds is 2. The first-order valence-corrected chi connectivity index (χ1v) is 6.54. The summed E-state index contributed by atoms with van der Waals surface area (Å²) in [6.07, 6.45) is 0. The number of hydrogen-bond donors (Lipinski definition) is 1. The standard InChI is InChI=1S/C13H9BrFN5/c14-11-7-9(15)3-6-12(11)20-13(17-18-19-20)8-1-4-10(16)5-2-8/h1-7H,16H2. The molecule has 0 fully saturated rings. The predicted octanol–water partition coefficient (Wildman–Crippen LogP) is 2.81. The number of aromatic nitrogens is 4. The van der Waals surface area contributed by atoms with Crippen molar-refractivity contribution in [3.63, 3.8) is 0 Å². The fourth-order valence-electron chi connectivity index (χ4n) is 1.81. The number of anilines is 1. The van der Waals surface area contributed by atoms with Crippen LogP contribution >= 0.6 is 15.9 Å². The molecule has 0 aliphatic rings. The average Bonchev–Trinajstić information content (AvgIpc) is 2.88. The Morgan fingerprint density at radius 1 is 1.10 bits per heavy atom. The van der Waals surface area contributed by atoms with Crippen molar-refractivity contribution in [3.8, 4) is 17.1 Å². The molecule has 2 aromatic carbocycles. The lowest BCUT2D eigenvalue weighted by molar-refractivity contribution is 0.625. The number of nitrogens with two attached hydrogens (primary N) is 1. The minimum Gasteiger partial charge on any atom is -0.399 e. The maximum absolute atomic E-state index is 13.2. The van der Waals surface area contributed by atoms with Crippen molar-refractivity contribution in [1.29, 1.82) is 0 Å². The van der Waals surface area contributed by atoms with Crippen LogP contribution in [0.25, 0.3) is 17.1 Å². The highest BCUT2D eigenvalue weighted by atomic mass is 79.9. The van der Waals surface area contributed by atoms with Crippen LogP contribution in [0, 0.1) is 5.82 Å². The molecular weight excluding hydrogens is 325 g/mol. The number of tetrazole rings is 1. The van der Waals surface area contributed by atoms with Crippen molar-refractivity contribution in [1.82, 2.24) is 20.2 Å². The van der Waals surface area contributed by atoms with Crippen LogP contribution in [-0.4, -0.2) is 20.2 Å². The Bertz CT molecular complexity index is 754. The van der Waals surface area contributed by atoms with E-state index >= 15 is 0 Å². The minimum atomic E-state index is -0.331. The van der Waals surface area contributed by atoms with E-state index in [1.54, 1.807) is 18.2 Å². The Labute approximate surface area is 122 Å². The van der Waals surface area contributed by atoms with Gasteiger partial charge >= 0.3 is 0 Å². The average molecular weight is 334 g/mol. The molecule has 5 nitrogen and oxygen atoms in total. The van der Waals surface area contributed by atoms with Crippen molar-refractivity contribution < 1.29 is 4.39 Å². The van der Waals surface area contributed by atoms with Gasteiger partial charge in [-0.1, -0.05) is 0 Å². The summed E-state index contributed by atoms with van der Waals surface area (Å²) in [6.45, 7) is 0. The first-order chi connectivity index (χ1) is 9.65. The highest BCUT2D eigenvalue weighted by Crippen LogP contribution is 2.26. The van der Waals surface area contributed by atoms with Gasteiger partial charge in [-0.05, 0) is 68.8 Å². The zero-order valence-corrected chi connectivity index (χ0v) is 11.7. The van der Waals surface area contributed by atoms with Gasteiger partial charge in [0.25, 0.3) is 0 Å².